The molecule has 0 aliphatic rings. The summed E-state index contributed by atoms with van der Waals surface area (Å²) in [5, 5.41) is 0. The Morgan fingerprint density at radius 3 is 2.00 bits per heavy atom. The van der Waals surface area contributed by atoms with Gasteiger partial charge in [0.2, 0.25) is 0 Å². The molecular formula is C14H14BaO2. The molecule has 0 fully saturated rings. The molecule has 2 aromatic carbocycles. The van der Waals surface area contributed by atoms with Crippen LogP contribution >= 0.6 is 0 Å². The standard InChI is InChI=1S/C14H12O2.Ba.2H/c15-14(11-12-7-3-1-4-8-12)16-13-9-5-2-6-10-13;;;/h1-10H,11H2;;;. The van der Waals surface area contributed by atoms with Gasteiger partial charge in [-0.25, -0.2) is 0 Å². The van der Waals surface area contributed by atoms with Gasteiger partial charge >= 0.3 is 54.9 Å². The number of carbonyl (C=O) groups excluding carboxylic acids is 1. The molecule has 0 atom stereocenters. The first kappa shape index (κ1) is 14.5. The Bertz CT molecular complexity index is 411. The average Bonchev–Trinajstić information content (AvgIpc) is 2.31. The minimum atomic E-state index is -0.239. The molecule has 0 aliphatic heterocycles. The van der Waals surface area contributed by atoms with Gasteiger partial charge in [0.15, 0.2) is 0 Å². The van der Waals surface area contributed by atoms with Crippen LogP contribution in [0, 0.1) is 0 Å². The summed E-state index contributed by atoms with van der Waals surface area (Å²) in [6.07, 6.45) is 0.301. The van der Waals surface area contributed by atoms with Crippen molar-refractivity contribution in [1.82, 2.24) is 0 Å². The van der Waals surface area contributed by atoms with E-state index in [-0.39, 0.29) is 54.9 Å². The quantitative estimate of drug-likeness (QED) is 0.480. The number of carbonyl (C=O) groups is 1. The molecule has 2 nitrogen and oxygen atoms in total. The minimum absolute atomic E-state index is 0. The molecule has 0 amide bonds. The van der Waals surface area contributed by atoms with Crippen molar-refractivity contribution in [2.75, 3.05) is 0 Å². The van der Waals surface area contributed by atoms with Crippen molar-refractivity contribution in [2.24, 2.45) is 0 Å². The Kier molecular flexibility index (Phi) is 6.62. The van der Waals surface area contributed by atoms with Crippen LogP contribution in [0.15, 0.2) is 60.7 Å². The predicted octanol–water partition coefficient (Wildman–Crippen LogP) is 1.92. The molecular weight excluding hydrogens is 337 g/mol. The molecule has 0 heterocycles. The predicted molar refractivity (Wildman–Crippen MR) is 70.8 cm³/mol. The van der Waals surface area contributed by atoms with Gasteiger partial charge in [0.05, 0.1) is 6.42 Å². The average molecular weight is 352 g/mol. The van der Waals surface area contributed by atoms with E-state index in [0.717, 1.165) is 5.56 Å². The van der Waals surface area contributed by atoms with Gasteiger partial charge in [-0.2, -0.15) is 0 Å². The van der Waals surface area contributed by atoms with Gasteiger partial charge in [-0.3, -0.25) is 4.79 Å². The number of hydrogen-bond acceptors (Lipinski definition) is 2. The van der Waals surface area contributed by atoms with E-state index in [2.05, 4.69) is 0 Å². The summed E-state index contributed by atoms with van der Waals surface area (Å²) in [5.41, 5.74) is 0.962. The Labute approximate surface area is 141 Å². The summed E-state index contributed by atoms with van der Waals surface area (Å²) in [4.78, 5) is 11.6. The fourth-order valence-electron chi connectivity index (χ4n) is 1.42. The van der Waals surface area contributed by atoms with Crippen LogP contribution in [-0.2, 0) is 11.2 Å². The molecule has 0 aromatic heterocycles. The van der Waals surface area contributed by atoms with Crippen molar-refractivity contribution in [3.63, 3.8) is 0 Å². The fourth-order valence-corrected chi connectivity index (χ4v) is 1.42. The van der Waals surface area contributed by atoms with Crippen LogP contribution in [0.2, 0.25) is 0 Å². The van der Waals surface area contributed by atoms with E-state index in [9.17, 15) is 4.79 Å². The summed E-state index contributed by atoms with van der Waals surface area (Å²) in [6.45, 7) is 0. The van der Waals surface area contributed by atoms with Crippen molar-refractivity contribution in [3.8, 4) is 5.75 Å². The van der Waals surface area contributed by atoms with Crippen LogP contribution < -0.4 is 4.74 Å². The molecule has 0 spiro atoms. The zero-order chi connectivity index (χ0) is 11.2. The number of para-hydroxylation sites is 1. The van der Waals surface area contributed by atoms with Gasteiger partial charge in [0, 0.05) is 0 Å². The fraction of sp³-hybridized carbons (Fsp3) is 0.0714. The van der Waals surface area contributed by atoms with Crippen LogP contribution in [0.25, 0.3) is 0 Å². The summed E-state index contributed by atoms with van der Waals surface area (Å²) >= 11 is 0. The van der Waals surface area contributed by atoms with Gasteiger partial charge in [0.25, 0.3) is 0 Å². The maximum absolute atomic E-state index is 11.6. The molecule has 17 heavy (non-hydrogen) atoms. The van der Waals surface area contributed by atoms with Crippen LogP contribution in [0.4, 0.5) is 0 Å². The molecule has 0 aliphatic carbocycles. The SMILES string of the molecule is O=C(Cc1ccccc1)Oc1ccccc1.[BaH2]. The van der Waals surface area contributed by atoms with Crippen molar-refractivity contribution in [1.29, 1.82) is 0 Å². The number of benzene rings is 2. The molecule has 0 radical (unpaired) electrons. The number of ether oxygens (including phenoxy) is 1. The van der Waals surface area contributed by atoms with Crippen LogP contribution in [-0.4, -0.2) is 54.9 Å². The molecule has 3 heteroatoms. The molecule has 84 valence electrons. The third-order valence-corrected chi connectivity index (χ3v) is 2.17. The van der Waals surface area contributed by atoms with E-state index >= 15 is 0 Å². The first-order valence-corrected chi connectivity index (χ1v) is 5.14. The molecule has 0 bridgehead atoms. The van der Waals surface area contributed by atoms with Crippen LogP contribution in [0.1, 0.15) is 5.56 Å². The van der Waals surface area contributed by atoms with E-state index in [1.54, 1.807) is 12.1 Å². The van der Waals surface area contributed by atoms with Gasteiger partial charge in [-0.1, -0.05) is 48.5 Å². The Hall–Kier alpha value is -0.519. The van der Waals surface area contributed by atoms with Crippen LogP contribution in [0.3, 0.4) is 0 Å². The number of esters is 1. The van der Waals surface area contributed by atoms with Crippen molar-refractivity contribution in [2.45, 2.75) is 6.42 Å². The van der Waals surface area contributed by atoms with Crippen molar-refractivity contribution < 1.29 is 9.53 Å². The number of hydrogen-bond donors (Lipinski definition) is 0. The molecule has 2 aromatic rings. The molecule has 2 rings (SSSR count). The second kappa shape index (κ2) is 7.74. The van der Waals surface area contributed by atoms with E-state index in [0.29, 0.717) is 12.2 Å². The van der Waals surface area contributed by atoms with E-state index < -0.39 is 0 Å². The van der Waals surface area contributed by atoms with Crippen molar-refractivity contribution in [3.05, 3.63) is 66.2 Å². The first-order chi connectivity index (χ1) is 7.84. The Morgan fingerprint density at radius 2 is 1.41 bits per heavy atom. The summed E-state index contributed by atoms with van der Waals surface area (Å²) in [7, 11) is 0. The topological polar surface area (TPSA) is 26.3 Å². The molecule has 0 saturated carbocycles. The van der Waals surface area contributed by atoms with E-state index in [1.165, 1.54) is 0 Å². The van der Waals surface area contributed by atoms with Crippen LogP contribution in [0.5, 0.6) is 5.75 Å². The van der Waals surface area contributed by atoms with E-state index in [4.69, 9.17) is 4.74 Å². The third kappa shape index (κ3) is 5.10. The monoisotopic (exact) mass is 352 g/mol. The molecule has 0 N–H and O–H groups in total. The number of rotatable bonds is 3. The zero-order valence-corrected chi connectivity index (χ0v) is 8.80. The molecule has 0 unspecified atom stereocenters. The second-order valence-electron chi connectivity index (χ2n) is 3.45. The van der Waals surface area contributed by atoms with E-state index in [1.807, 2.05) is 48.5 Å². The van der Waals surface area contributed by atoms with Gasteiger partial charge in [0.1, 0.15) is 5.75 Å². The van der Waals surface area contributed by atoms with Gasteiger partial charge < -0.3 is 4.74 Å². The first-order valence-electron chi connectivity index (χ1n) is 5.14. The van der Waals surface area contributed by atoms with Gasteiger partial charge in [-0.15, -0.1) is 0 Å². The Morgan fingerprint density at radius 1 is 0.882 bits per heavy atom. The normalized spacial score (nSPS) is 9.18. The maximum atomic E-state index is 11.6. The second-order valence-corrected chi connectivity index (χ2v) is 3.45. The third-order valence-electron chi connectivity index (χ3n) is 2.17. The van der Waals surface area contributed by atoms with Crippen molar-refractivity contribution >= 4 is 54.9 Å². The summed E-state index contributed by atoms with van der Waals surface area (Å²) in [6, 6.07) is 18.7. The Balaban J connectivity index is 0.00000144. The zero-order valence-electron chi connectivity index (χ0n) is 8.80. The molecule has 0 saturated heterocycles. The summed E-state index contributed by atoms with van der Waals surface area (Å²) in [5.74, 6) is 0.348. The summed E-state index contributed by atoms with van der Waals surface area (Å²) < 4.78 is 5.18. The van der Waals surface area contributed by atoms with Gasteiger partial charge in [-0.05, 0) is 17.7 Å².